The molecule has 0 amide bonds. The van der Waals surface area contributed by atoms with E-state index in [0.29, 0.717) is 6.10 Å². The Morgan fingerprint density at radius 1 is 1.27 bits per heavy atom. The van der Waals surface area contributed by atoms with Crippen LogP contribution in [0.1, 0.15) is 75.5 Å². The average Bonchev–Trinajstić information content (AvgIpc) is 3.27. The first-order valence-electron chi connectivity index (χ1n) is 11.5. The summed E-state index contributed by atoms with van der Waals surface area (Å²) in [5.74, 6) is 0.733. The average molecular weight is 403 g/mol. The third kappa shape index (κ3) is 4.38. The molecule has 2 aliphatic carbocycles. The van der Waals surface area contributed by atoms with Crippen LogP contribution in [0.3, 0.4) is 0 Å². The van der Waals surface area contributed by atoms with E-state index >= 15 is 0 Å². The summed E-state index contributed by atoms with van der Waals surface area (Å²) in [5, 5.41) is 0. The monoisotopic (exact) mass is 402 g/mol. The summed E-state index contributed by atoms with van der Waals surface area (Å²) in [6.07, 6.45) is 16.1. The minimum absolute atomic E-state index is 0.0982. The second-order valence-corrected chi connectivity index (χ2v) is 9.08. The number of aliphatic imine (C=N–C) groups is 1. The molecule has 1 aromatic carbocycles. The lowest BCUT2D eigenvalue weighted by Gasteiger charge is -2.34. The van der Waals surface area contributed by atoms with Gasteiger partial charge < -0.3 is 10.5 Å². The number of fused-ring (bicyclic) bond motifs is 1. The molecule has 0 bridgehead atoms. The molecule has 3 aliphatic rings. The molecule has 1 aliphatic heterocycles. The van der Waals surface area contributed by atoms with Gasteiger partial charge in [-0.1, -0.05) is 49.9 Å². The number of nitrogens with zero attached hydrogens (tertiary/aromatic N) is 1. The maximum Gasteiger partial charge on any atom is 0.180 e. The van der Waals surface area contributed by atoms with Crippen molar-refractivity contribution < 1.29 is 4.74 Å². The van der Waals surface area contributed by atoms with Crippen molar-refractivity contribution in [2.45, 2.75) is 76.9 Å². The van der Waals surface area contributed by atoms with E-state index in [2.05, 4.69) is 48.5 Å². The molecule has 1 heterocycles. The normalized spacial score (nSPS) is 25.6. The highest BCUT2D eigenvalue weighted by Gasteiger charge is 2.42. The van der Waals surface area contributed by atoms with Gasteiger partial charge >= 0.3 is 0 Å². The van der Waals surface area contributed by atoms with Crippen molar-refractivity contribution in [3.63, 3.8) is 0 Å². The number of rotatable bonds is 8. The fourth-order valence-electron chi connectivity index (χ4n) is 5.33. The first-order valence-corrected chi connectivity index (χ1v) is 11.5. The Morgan fingerprint density at radius 3 is 2.83 bits per heavy atom. The predicted octanol–water partition coefficient (Wildman–Crippen LogP) is 6.33. The van der Waals surface area contributed by atoms with Crippen LogP contribution in [-0.2, 0) is 11.2 Å². The SMILES string of the molecule is C=C(CCC1(CCC)Cc2ccccc2[C@H]1N)C1=CC=C=C(OC2CCCC2)C=N1. The quantitative estimate of drug-likeness (QED) is 0.516. The molecule has 0 saturated heterocycles. The van der Waals surface area contributed by atoms with Gasteiger partial charge in [0.1, 0.15) is 0 Å². The van der Waals surface area contributed by atoms with Crippen molar-refractivity contribution in [2.24, 2.45) is 16.1 Å². The van der Waals surface area contributed by atoms with Crippen LogP contribution in [0.15, 0.2) is 70.7 Å². The first kappa shape index (κ1) is 20.9. The van der Waals surface area contributed by atoms with E-state index in [1.165, 1.54) is 24.0 Å². The van der Waals surface area contributed by atoms with E-state index < -0.39 is 0 Å². The Hall–Kier alpha value is -2.35. The molecule has 2 atom stereocenters. The van der Waals surface area contributed by atoms with Crippen LogP contribution in [0.4, 0.5) is 0 Å². The smallest absolute Gasteiger partial charge is 0.180 e. The molecule has 1 fully saturated rings. The summed E-state index contributed by atoms with van der Waals surface area (Å²) in [7, 11) is 0. The topological polar surface area (TPSA) is 47.6 Å². The molecule has 30 heavy (non-hydrogen) atoms. The van der Waals surface area contributed by atoms with Gasteiger partial charge in [-0.05, 0) is 85.6 Å². The van der Waals surface area contributed by atoms with E-state index in [4.69, 9.17) is 10.5 Å². The van der Waals surface area contributed by atoms with Crippen molar-refractivity contribution in [3.05, 3.63) is 76.9 Å². The number of hydrogen-bond donors (Lipinski definition) is 1. The Bertz CT molecular complexity index is 913. The number of hydrogen-bond acceptors (Lipinski definition) is 3. The van der Waals surface area contributed by atoms with Crippen LogP contribution >= 0.6 is 0 Å². The Balaban J connectivity index is 1.39. The zero-order valence-corrected chi connectivity index (χ0v) is 18.2. The fraction of sp³-hybridized carbons (Fsp3) is 0.481. The van der Waals surface area contributed by atoms with Gasteiger partial charge in [0.2, 0.25) is 0 Å². The van der Waals surface area contributed by atoms with Crippen molar-refractivity contribution in [2.75, 3.05) is 0 Å². The van der Waals surface area contributed by atoms with Crippen molar-refractivity contribution in [1.82, 2.24) is 0 Å². The van der Waals surface area contributed by atoms with Gasteiger partial charge in [-0.3, -0.25) is 4.99 Å². The van der Waals surface area contributed by atoms with Crippen molar-refractivity contribution in [3.8, 4) is 0 Å². The van der Waals surface area contributed by atoms with E-state index in [1.807, 2.05) is 12.2 Å². The van der Waals surface area contributed by atoms with Gasteiger partial charge in [0.15, 0.2) is 5.76 Å². The molecule has 0 spiro atoms. The summed E-state index contributed by atoms with van der Waals surface area (Å²) in [5.41, 5.74) is 14.8. The highest BCUT2D eigenvalue weighted by atomic mass is 16.5. The Kier molecular flexibility index (Phi) is 6.41. The molecule has 0 radical (unpaired) electrons. The minimum atomic E-state index is 0.0982. The molecular weight excluding hydrogens is 368 g/mol. The van der Waals surface area contributed by atoms with Crippen LogP contribution in [0, 0.1) is 5.41 Å². The number of allylic oxidation sites excluding steroid dienone is 3. The maximum atomic E-state index is 6.79. The lowest BCUT2D eigenvalue weighted by atomic mass is 9.73. The first-order chi connectivity index (χ1) is 14.6. The molecule has 3 heteroatoms. The standard InChI is InChI=1S/C27H34N2O/c1-3-16-27(18-21-9-4-7-13-24(21)26(27)28)17-15-20(2)25-14-8-12-23(19-29-25)30-22-10-5-6-11-22/h4,7-9,13-14,19,22,26H,2-3,5-6,10-11,15-18,28H2,1H3/t26-,27?/m1/s1. The number of ether oxygens (including phenoxy) is 1. The summed E-state index contributed by atoms with van der Waals surface area (Å²) in [6.45, 7) is 6.61. The Morgan fingerprint density at radius 2 is 2.07 bits per heavy atom. The molecule has 1 aromatic rings. The summed E-state index contributed by atoms with van der Waals surface area (Å²) < 4.78 is 6.04. The maximum absolute atomic E-state index is 6.79. The van der Waals surface area contributed by atoms with Crippen LogP contribution < -0.4 is 5.73 Å². The van der Waals surface area contributed by atoms with E-state index in [0.717, 1.165) is 62.0 Å². The van der Waals surface area contributed by atoms with Gasteiger partial charge in [-0.2, -0.15) is 0 Å². The van der Waals surface area contributed by atoms with Crippen LogP contribution in [0.2, 0.25) is 0 Å². The number of benzene rings is 1. The Labute approximate surface area is 181 Å². The minimum Gasteiger partial charge on any atom is -0.481 e. The van der Waals surface area contributed by atoms with Crippen LogP contribution in [0.5, 0.6) is 0 Å². The van der Waals surface area contributed by atoms with Gasteiger partial charge in [-0.25, -0.2) is 0 Å². The third-order valence-electron chi connectivity index (χ3n) is 7.01. The lowest BCUT2D eigenvalue weighted by Crippen LogP contribution is -2.31. The van der Waals surface area contributed by atoms with Crippen molar-refractivity contribution in [1.29, 1.82) is 0 Å². The largest absolute Gasteiger partial charge is 0.481 e. The second-order valence-electron chi connectivity index (χ2n) is 9.08. The van der Waals surface area contributed by atoms with Crippen LogP contribution in [-0.4, -0.2) is 12.3 Å². The zero-order valence-electron chi connectivity index (χ0n) is 18.2. The van der Waals surface area contributed by atoms with Gasteiger partial charge in [-0.15, -0.1) is 0 Å². The van der Waals surface area contributed by atoms with Gasteiger partial charge in [0.25, 0.3) is 0 Å². The molecule has 4 rings (SSSR count). The van der Waals surface area contributed by atoms with Crippen LogP contribution in [0.25, 0.3) is 0 Å². The molecule has 158 valence electrons. The van der Waals surface area contributed by atoms with Gasteiger partial charge in [0.05, 0.1) is 18.0 Å². The molecule has 1 saturated carbocycles. The molecule has 3 nitrogen and oxygen atoms in total. The highest BCUT2D eigenvalue weighted by molar-refractivity contribution is 5.78. The summed E-state index contributed by atoms with van der Waals surface area (Å²) in [6, 6.07) is 8.77. The summed E-state index contributed by atoms with van der Waals surface area (Å²) >= 11 is 0. The highest BCUT2D eigenvalue weighted by Crippen LogP contribution is 2.50. The molecular formula is C27H34N2O. The predicted molar refractivity (Wildman–Crippen MR) is 124 cm³/mol. The molecule has 2 N–H and O–H groups in total. The van der Waals surface area contributed by atoms with Gasteiger partial charge in [0, 0.05) is 6.04 Å². The van der Waals surface area contributed by atoms with E-state index in [-0.39, 0.29) is 11.5 Å². The molecule has 0 aromatic heterocycles. The fourth-order valence-corrected chi connectivity index (χ4v) is 5.33. The summed E-state index contributed by atoms with van der Waals surface area (Å²) in [4.78, 5) is 4.67. The van der Waals surface area contributed by atoms with Crippen molar-refractivity contribution >= 4 is 6.21 Å². The van der Waals surface area contributed by atoms with E-state index in [9.17, 15) is 0 Å². The second kappa shape index (κ2) is 9.20. The third-order valence-corrected chi connectivity index (χ3v) is 7.01. The zero-order chi connectivity index (χ0) is 21.0. The van der Waals surface area contributed by atoms with E-state index in [1.54, 1.807) is 6.21 Å². The molecule has 1 unspecified atom stereocenters. The number of nitrogens with two attached hydrogens (primary N) is 1. The lowest BCUT2D eigenvalue weighted by molar-refractivity contribution is 0.138.